The molecule has 0 aliphatic heterocycles. The van der Waals surface area contributed by atoms with Crippen molar-refractivity contribution in [2.75, 3.05) is 19.8 Å². The number of amides is 2. The van der Waals surface area contributed by atoms with Gasteiger partial charge >= 0.3 is 0 Å². The van der Waals surface area contributed by atoms with Crippen LogP contribution in [0, 0.1) is 11.3 Å². The third-order valence-corrected chi connectivity index (χ3v) is 6.59. The Kier molecular flexibility index (Phi) is 7.78. The number of hydrogen-bond donors (Lipinski definition) is 2. The SMILES string of the molecule is CN(C)S(=O)(=O)c1cccc(C(=O)NNC(=O)CSCc2ccc(C#N)cc2)c1. The van der Waals surface area contributed by atoms with Gasteiger partial charge in [-0.25, -0.2) is 12.7 Å². The van der Waals surface area contributed by atoms with Crippen molar-refractivity contribution >= 4 is 33.6 Å². The molecule has 0 aliphatic carbocycles. The van der Waals surface area contributed by atoms with Crippen LogP contribution in [-0.2, 0) is 20.6 Å². The highest BCUT2D eigenvalue weighted by molar-refractivity contribution is 7.99. The number of hydrogen-bond acceptors (Lipinski definition) is 6. The highest BCUT2D eigenvalue weighted by Gasteiger charge is 2.18. The molecule has 152 valence electrons. The number of thioether (sulfide) groups is 1. The van der Waals surface area contributed by atoms with Gasteiger partial charge in [0.15, 0.2) is 0 Å². The van der Waals surface area contributed by atoms with Crippen molar-refractivity contribution in [2.24, 2.45) is 0 Å². The quantitative estimate of drug-likeness (QED) is 0.640. The average Bonchev–Trinajstić information content (AvgIpc) is 2.72. The van der Waals surface area contributed by atoms with Gasteiger partial charge in [0.2, 0.25) is 15.9 Å². The lowest BCUT2D eigenvalue weighted by atomic mass is 10.2. The lowest BCUT2D eigenvalue weighted by Gasteiger charge is -2.12. The summed E-state index contributed by atoms with van der Waals surface area (Å²) in [5.74, 6) is -0.312. The Morgan fingerprint density at radius 2 is 1.79 bits per heavy atom. The Morgan fingerprint density at radius 1 is 1.10 bits per heavy atom. The molecule has 0 bridgehead atoms. The van der Waals surface area contributed by atoms with Crippen molar-refractivity contribution in [1.29, 1.82) is 5.26 Å². The van der Waals surface area contributed by atoms with Gasteiger partial charge in [0.05, 0.1) is 22.3 Å². The standard InChI is InChI=1S/C19H20N4O4S2/c1-23(2)29(26,27)17-5-3-4-16(10-17)19(25)22-21-18(24)13-28-12-15-8-6-14(11-20)7-9-15/h3-10H,12-13H2,1-2H3,(H,21,24)(H,22,25). The van der Waals surface area contributed by atoms with Gasteiger partial charge in [0.25, 0.3) is 5.91 Å². The number of rotatable bonds is 7. The first-order valence-electron chi connectivity index (χ1n) is 8.42. The Bertz CT molecular complexity index is 1030. The minimum Gasteiger partial charge on any atom is -0.272 e. The van der Waals surface area contributed by atoms with Gasteiger partial charge in [-0.05, 0) is 35.9 Å². The van der Waals surface area contributed by atoms with Crippen molar-refractivity contribution in [2.45, 2.75) is 10.6 Å². The summed E-state index contributed by atoms with van der Waals surface area (Å²) < 4.78 is 25.4. The molecule has 0 saturated heterocycles. The van der Waals surface area contributed by atoms with E-state index in [-0.39, 0.29) is 16.2 Å². The van der Waals surface area contributed by atoms with E-state index < -0.39 is 21.8 Å². The van der Waals surface area contributed by atoms with E-state index in [0.29, 0.717) is 11.3 Å². The molecule has 2 aromatic rings. The van der Waals surface area contributed by atoms with Crippen LogP contribution in [0.15, 0.2) is 53.4 Å². The largest absolute Gasteiger partial charge is 0.272 e. The van der Waals surface area contributed by atoms with E-state index in [1.165, 1.54) is 50.1 Å². The van der Waals surface area contributed by atoms with E-state index in [9.17, 15) is 18.0 Å². The van der Waals surface area contributed by atoms with Crippen LogP contribution in [0.5, 0.6) is 0 Å². The molecule has 0 saturated carbocycles. The molecule has 0 unspecified atom stereocenters. The molecule has 0 atom stereocenters. The lowest BCUT2D eigenvalue weighted by molar-refractivity contribution is -0.119. The topological polar surface area (TPSA) is 119 Å². The van der Waals surface area contributed by atoms with Gasteiger partial charge in [-0.3, -0.25) is 20.4 Å². The van der Waals surface area contributed by atoms with Crippen LogP contribution in [0.2, 0.25) is 0 Å². The van der Waals surface area contributed by atoms with E-state index in [2.05, 4.69) is 10.9 Å². The summed E-state index contributed by atoms with van der Waals surface area (Å²) in [6.07, 6.45) is 0. The Morgan fingerprint density at radius 3 is 2.41 bits per heavy atom. The fourth-order valence-electron chi connectivity index (χ4n) is 2.18. The second kappa shape index (κ2) is 10.1. The van der Waals surface area contributed by atoms with Crippen molar-refractivity contribution in [3.63, 3.8) is 0 Å². The normalized spacial score (nSPS) is 11.0. The van der Waals surface area contributed by atoms with Crippen LogP contribution in [0.3, 0.4) is 0 Å². The van der Waals surface area contributed by atoms with Gasteiger partial charge in [0.1, 0.15) is 0 Å². The maximum absolute atomic E-state index is 12.2. The number of nitrogens with one attached hydrogen (secondary N) is 2. The Balaban J connectivity index is 1.84. The summed E-state index contributed by atoms with van der Waals surface area (Å²) >= 11 is 1.35. The maximum atomic E-state index is 12.2. The van der Waals surface area contributed by atoms with Crippen molar-refractivity contribution in [1.82, 2.24) is 15.2 Å². The van der Waals surface area contributed by atoms with Gasteiger partial charge < -0.3 is 0 Å². The number of carbonyl (C=O) groups excluding carboxylic acids is 2. The highest BCUT2D eigenvalue weighted by atomic mass is 32.2. The molecule has 0 heterocycles. The van der Waals surface area contributed by atoms with Crippen LogP contribution in [0.1, 0.15) is 21.5 Å². The van der Waals surface area contributed by atoms with E-state index in [1.807, 2.05) is 18.2 Å². The predicted molar refractivity (Wildman–Crippen MR) is 110 cm³/mol. The van der Waals surface area contributed by atoms with Crippen LogP contribution in [-0.4, -0.2) is 44.4 Å². The smallest absolute Gasteiger partial charge is 0.269 e. The summed E-state index contributed by atoms with van der Waals surface area (Å²) in [5, 5.41) is 8.77. The predicted octanol–water partition coefficient (Wildman–Crippen LogP) is 1.50. The van der Waals surface area contributed by atoms with Gasteiger partial charge in [-0.2, -0.15) is 5.26 Å². The van der Waals surface area contributed by atoms with Crippen LogP contribution < -0.4 is 10.9 Å². The summed E-state index contributed by atoms with van der Waals surface area (Å²) in [7, 11) is -0.861. The molecule has 2 aromatic carbocycles. The van der Waals surface area contributed by atoms with Crippen LogP contribution in [0.4, 0.5) is 0 Å². The minimum absolute atomic E-state index is 0.0144. The minimum atomic E-state index is -3.66. The highest BCUT2D eigenvalue weighted by Crippen LogP contribution is 2.15. The maximum Gasteiger partial charge on any atom is 0.269 e. The van der Waals surface area contributed by atoms with Gasteiger partial charge in [-0.15, -0.1) is 11.8 Å². The number of hydrazine groups is 1. The van der Waals surface area contributed by atoms with E-state index in [4.69, 9.17) is 5.26 Å². The zero-order chi connectivity index (χ0) is 21.4. The second-order valence-corrected chi connectivity index (χ2v) is 9.26. The summed E-state index contributed by atoms with van der Waals surface area (Å²) in [6, 6.07) is 14.6. The van der Waals surface area contributed by atoms with Gasteiger partial charge in [0, 0.05) is 25.4 Å². The molecular formula is C19H20N4O4S2. The molecule has 0 aromatic heterocycles. The zero-order valence-electron chi connectivity index (χ0n) is 15.9. The molecule has 2 N–H and O–H groups in total. The molecule has 0 aliphatic rings. The molecule has 8 nitrogen and oxygen atoms in total. The molecule has 29 heavy (non-hydrogen) atoms. The number of benzene rings is 2. The van der Waals surface area contributed by atoms with Gasteiger partial charge in [-0.1, -0.05) is 18.2 Å². The molecule has 2 rings (SSSR count). The average molecular weight is 433 g/mol. The van der Waals surface area contributed by atoms with E-state index in [0.717, 1.165) is 9.87 Å². The monoisotopic (exact) mass is 432 g/mol. The first-order chi connectivity index (χ1) is 13.7. The third-order valence-electron chi connectivity index (χ3n) is 3.78. The number of carbonyl (C=O) groups is 2. The fourth-order valence-corrected chi connectivity index (χ4v) is 3.92. The third kappa shape index (κ3) is 6.32. The second-order valence-electron chi connectivity index (χ2n) is 6.12. The Labute approximate surface area is 173 Å². The van der Waals surface area contributed by atoms with E-state index >= 15 is 0 Å². The van der Waals surface area contributed by atoms with Crippen molar-refractivity contribution in [3.8, 4) is 6.07 Å². The van der Waals surface area contributed by atoms with Crippen LogP contribution in [0.25, 0.3) is 0 Å². The molecular weight excluding hydrogens is 412 g/mol. The summed E-state index contributed by atoms with van der Waals surface area (Å²) in [5.41, 5.74) is 6.24. The Hall–Kier alpha value is -2.87. The fraction of sp³-hybridized carbons (Fsp3) is 0.211. The number of nitriles is 1. The summed E-state index contributed by atoms with van der Waals surface area (Å²) in [6.45, 7) is 0. The molecule has 10 heteroatoms. The molecule has 0 fully saturated rings. The first-order valence-corrected chi connectivity index (χ1v) is 11.0. The first kappa shape index (κ1) is 22.4. The summed E-state index contributed by atoms with van der Waals surface area (Å²) in [4.78, 5) is 24.1. The molecule has 0 radical (unpaired) electrons. The van der Waals surface area contributed by atoms with E-state index in [1.54, 1.807) is 12.1 Å². The number of nitrogens with zero attached hydrogens (tertiary/aromatic N) is 2. The van der Waals surface area contributed by atoms with Crippen molar-refractivity contribution in [3.05, 3.63) is 65.2 Å². The van der Waals surface area contributed by atoms with Crippen LogP contribution >= 0.6 is 11.8 Å². The lowest BCUT2D eigenvalue weighted by Crippen LogP contribution is -2.42. The van der Waals surface area contributed by atoms with Crippen molar-refractivity contribution < 1.29 is 18.0 Å². The molecule has 2 amide bonds. The number of sulfonamides is 1. The zero-order valence-corrected chi connectivity index (χ0v) is 17.5. The molecule has 0 spiro atoms.